The number of anilines is 2. The molecule has 2 aromatic heterocycles. The molecular weight excluding hydrogens is 250 g/mol. The van der Waals surface area contributed by atoms with Crippen molar-refractivity contribution in [2.75, 3.05) is 17.6 Å². The zero-order valence-corrected chi connectivity index (χ0v) is 11.4. The topological polar surface area (TPSA) is 68.8 Å². The number of aromatic nitrogens is 3. The van der Waals surface area contributed by atoms with Crippen molar-refractivity contribution in [1.29, 1.82) is 0 Å². The van der Waals surface area contributed by atoms with Crippen LogP contribution in [-0.2, 0) is 13.5 Å². The Bertz CT molecular complexity index is 732. The maximum Gasteiger partial charge on any atom is 0.0951 e. The number of pyridine rings is 1. The van der Waals surface area contributed by atoms with Crippen LogP contribution >= 0.6 is 0 Å². The molecule has 20 heavy (non-hydrogen) atoms. The maximum absolute atomic E-state index is 5.95. The molecule has 5 heteroatoms. The number of aryl methyl sites for hydroxylation is 1. The molecule has 0 bridgehead atoms. The molecule has 0 aliphatic carbocycles. The van der Waals surface area contributed by atoms with Crippen molar-refractivity contribution in [1.82, 2.24) is 14.8 Å². The van der Waals surface area contributed by atoms with Crippen molar-refractivity contribution in [2.24, 2.45) is 7.05 Å². The second kappa shape index (κ2) is 5.21. The lowest BCUT2D eigenvalue weighted by molar-refractivity contribution is 0.711. The van der Waals surface area contributed by atoms with E-state index in [1.54, 1.807) is 6.20 Å². The first-order valence-corrected chi connectivity index (χ1v) is 6.59. The van der Waals surface area contributed by atoms with Gasteiger partial charge in [0.1, 0.15) is 0 Å². The molecule has 102 valence electrons. The number of nitrogens with two attached hydrogens (primary N) is 1. The Kier molecular flexibility index (Phi) is 3.25. The number of nitrogens with one attached hydrogen (secondary N) is 1. The Balaban J connectivity index is 1.78. The van der Waals surface area contributed by atoms with E-state index in [1.165, 1.54) is 5.69 Å². The highest BCUT2D eigenvalue weighted by atomic mass is 15.3. The van der Waals surface area contributed by atoms with Crippen LogP contribution in [0.2, 0.25) is 0 Å². The van der Waals surface area contributed by atoms with Gasteiger partial charge in [-0.05, 0) is 30.3 Å². The molecule has 3 N–H and O–H groups in total. The van der Waals surface area contributed by atoms with E-state index >= 15 is 0 Å². The van der Waals surface area contributed by atoms with Crippen LogP contribution in [0.15, 0.2) is 42.7 Å². The van der Waals surface area contributed by atoms with Gasteiger partial charge in [0.25, 0.3) is 0 Å². The van der Waals surface area contributed by atoms with Gasteiger partial charge in [-0.25, -0.2) is 0 Å². The first-order chi connectivity index (χ1) is 9.75. The molecule has 0 fully saturated rings. The van der Waals surface area contributed by atoms with Crippen molar-refractivity contribution in [2.45, 2.75) is 6.42 Å². The summed E-state index contributed by atoms with van der Waals surface area (Å²) in [7, 11) is 1.96. The molecule has 0 saturated carbocycles. The van der Waals surface area contributed by atoms with E-state index in [-0.39, 0.29) is 0 Å². The maximum atomic E-state index is 5.95. The van der Waals surface area contributed by atoms with E-state index in [0.717, 1.165) is 29.6 Å². The predicted molar refractivity (Wildman–Crippen MR) is 81.6 cm³/mol. The van der Waals surface area contributed by atoms with Crippen LogP contribution in [-0.4, -0.2) is 21.3 Å². The van der Waals surface area contributed by atoms with E-state index in [2.05, 4.69) is 15.4 Å². The summed E-state index contributed by atoms with van der Waals surface area (Å²) in [5.41, 5.74) is 9.76. The van der Waals surface area contributed by atoms with Crippen molar-refractivity contribution in [3.8, 4) is 0 Å². The summed E-state index contributed by atoms with van der Waals surface area (Å²) in [4.78, 5) is 4.33. The Hall–Kier alpha value is -2.56. The third-order valence-electron chi connectivity index (χ3n) is 3.42. The summed E-state index contributed by atoms with van der Waals surface area (Å²) in [6.07, 6.45) is 4.50. The van der Waals surface area contributed by atoms with Crippen molar-refractivity contribution >= 4 is 22.3 Å². The minimum Gasteiger partial charge on any atom is -0.397 e. The molecule has 0 aliphatic heterocycles. The summed E-state index contributed by atoms with van der Waals surface area (Å²) in [5.74, 6) is 0. The van der Waals surface area contributed by atoms with Crippen LogP contribution in [0.5, 0.6) is 0 Å². The molecule has 0 amide bonds. The molecule has 0 atom stereocenters. The quantitative estimate of drug-likeness (QED) is 0.711. The normalized spacial score (nSPS) is 10.8. The molecule has 0 saturated heterocycles. The molecule has 5 nitrogen and oxygen atoms in total. The van der Waals surface area contributed by atoms with E-state index in [0.29, 0.717) is 5.69 Å². The molecule has 0 spiro atoms. The van der Waals surface area contributed by atoms with Crippen molar-refractivity contribution in [3.05, 3.63) is 48.4 Å². The fourth-order valence-corrected chi connectivity index (χ4v) is 2.32. The number of hydrogen-bond acceptors (Lipinski definition) is 4. The summed E-state index contributed by atoms with van der Waals surface area (Å²) >= 11 is 0. The Morgan fingerprint density at radius 1 is 1.20 bits per heavy atom. The van der Waals surface area contributed by atoms with Gasteiger partial charge < -0.3 is 11.1 Å². The van der Waals surface area contributed by atoms with Crippen LogP contribution in [0.3, 0.4) is 0 Å². The van der Waals surface area contributed by atoms with E-state index in [4.69, 9.17) is 5.73 Å². The van der Waals surface area contributed by atoms with Crippen LogP contribution in [0.1, 0.15) is 5.69 Å². The monoisotopic (exact) mass is 267 g/mol. The molecule has 0 unspecified atom stereocenters. The molecule has 1 aromatic carbocycles. The van der Waals surface area contributed by atoms with Crippen LogP contribution in [0.25, 0.3) is 10.9 Å². The lowest BCUT2D eigenvalue weighted by Gasteiger charge is -2.10. The second-order valence-electron chi connectivity index (χ2n) is 4.72. The largest absolute Gasteiger partial charge is 0.397 e. The van der Waals surface area contributed by atoms with Crippen LogP contribution in [0, 0.1) is 0 Å². The van der Waals surface area contributed by atoms with E-state index in [9.17, 15) is 0 Å². The second-order valence-corrected chi connectivity index (χ2v) is 4.72. The van der Waals surface area contributed by atoms with Crippen molar-refractivity contribution in [3.63, 3.8) is 0 Å². The molecule has 0 aliphatic rings. The van der Waals surface area contributed by atoms with Gasteiger partial charge in [-0.2, -0.15) is 5.10 Å². The fraction of sp³-hybridized carbons (Fsp3) is 0.200. The summed E-state index contributed by atoms with van der Waals surface area (Å²) in [5, 5.41) is 8.66. The van der Waals surface area contributed by atoms with Crippen LogP contribution < -0.4 is 11.1 Å². The lowest BCUT2D eigenvalue weighted by atomic mass is 10.1. The number of hydrogen-bond donors (Lipinski definition) is 2. The van der Waals surface area contributed by atoms with E-state index in [1.807, 2.05) is 48.3 Å². The zero-order valence-electron chi connectivity index (χ0n) is 11.4. The Morgan fingerprint density at radius 3 is 2.90 bits per heavy atom. The summed E-state index contributed by atoms with van der Waals surface area (Å²) < 4.78 is 1.89. The van der Waals surface area contributed by atoms with Crippen LogP contribution in [0.4, 0.5) is 11.4 Å². The third-order valence-corrected chi connectivity index (χ3v) is 3.42. The first kappa shape index (κ1) is 12.5. The molecule has 3 aromatic rings. The third kappa shape index (κ3) is 2.30. The molecule has 2 heterocycles. The lowest BCUT2D eigenvalue weighted by Crippen LogP contribution is -2.08. The van der Waals surface area contributed by atoms with Gasteiger partial charge in [-0.3, -0.25) is 9.67 Å². The summed E-state index contributed by atoms with van der Waals surface area (Å²) in [6.45, 7) is 0.841. The van der Waals surface area contributed by atoms with Gasteiger partial charge in [0.15, 0.2) is 0 Å². The van der Waals surface area contributed by atoms with Gasteiger partial charge in [0.05, 0.1) is 11.2 Å². The number of rotatable bonds is 4. The molecular formula is C15H17N5. The highest BCUT2D eigenvalue weighted by molar-refractivity contribution is 5.98. The predicted octanol–water partition coefficient (Wildman–Crippen LogP) is 2.21. The summed E-state index contributed by atoms with van der Waals surface area (Å²) in [6, 6.07) is 9.88. The first-order valence-electron chi connectivity index (χ1n) is 6.59. The minimum atomic E-state index is 0.706. The smallest absolute Gasteiger partial charge is 0.0951 e. The average molecular weight is 267 g/mol. The number of nitrogens with zero attached hydrogens (tertiary/aromatic N) is 3. The standard InChI is InChI=1S/C15H17N5/c1-20-11(7-10-19-20)6-9-17-14-5-4-13(16)15-12(14)3-2-8-18-15/h2-5,7-8,10,17H,6,9,16H2,1H3. The van der Waals surface area contributed by atoms with Crippen molar-refractivity contribution < 1.29 is 0 Å². The minimum absolute atomic E-state index is 0.706. The average Bonchev–Trinajstić information content (AvgIpc) is 2.87. The van der Waals surface area contributed by atoms with Gasteiger partial charge in [-0.1, -0.05) is 0 Å². The van der Waals surface area contributed by atoms with Gasteiger partial charge in [-0.15, -0.1) is 0 Å². The number of benzene rings is 1. The number of nitrogen functional groups attached to an aromatic ring is 1. The van der Waals surface area contributed by atoms with E-state index < -0.39 is 0 Å². The highest BCUT2D eigenvalue weighted by Gasteiger charge is 2.05. The van der Waals surface area contributed by atoms with Gasteiger partial charge in [0.2, 0.25) is 0 Å². The van der Waals surface area contributed by atoms with Gasteiger partial charge in [0, 0.05) is 49.2 Å². The zero-order chi connectivity index (χ0) is 13.9. The fourth-order valence-electron chi connectivity index (χ4n) is 2.32. The Morgan fingerprint density at radius 2 is 2.10 bits per heavy atom. The molecule has 3 rings (SSSR count). The SMILES string of the molecule is Cn1nccc1CCNc1ccc(N)c2ncccc12. The van der Waals surface area contributed by atoms with Gasteiger partial charge >= 0.3 is 0 Å². The number of fused-ring (bicyclic) bond motifs is 1. The highest BCUT2D eigenvalue weighted by Crippen LogP contribution is 2.26. The Labute approximate surface area is 117 Å². The molecule has 0 radical (unpaired) electrons.